The van der Waals surface area contributed by atoms with Crippen LogP contribution in [0.15, 0.2) is 66.7 Å². The molecule has 0 atom stereocenters. The van der Waals surface area contributed by atoms with Gasteiger partial charge in [0.05, 0.1) is 6.61 Å². The van der Waals surface area contributed by atoms with Gasteiger partial charge in [-0.2, -0.15) is 13.2 Å². The van der Waals surface area contributed by atoms with E-state index in [1.165, 1.54) is 12.1 Å². The molecule has 4 aromatic rings. The number of hydrogen-bond donors (Lipinski definition) is 0. The molecule has 2 nitrogen and oxygen atoms in total. The Hall–Kier alpha value is -3.68. The zero-order valence-electron chi connectivity index (χ0n) is 20.7. The van der Waals surface area contributed by atoms with Gasteiger partial charge in [-0.3, -0.25) is 0 Å². The fourth-order valence-corrected chi connectivity index (χ4v) is 4.26. The number of ether oxygens (including phenoxy) is 2. The van der Waals surface area contributed by atoms with E-state index in [4.69, 9.17) is 4.74 Å². The monoisotopic (exact) mass is 532 g/mol. The van der Waals surface area contributed by atoms with Crippen molar-refractivity contribution in [3.05, 3.63) is 106 Å². The molecule has 0 heterocycles. The normalized spacial score (nSPS) is 11.7. The van der Waals surface area contributed by atoms with E-state index in [1.807, 2.05) is 25.1 Å². The van der Waals surface area contributed by atoms with Crippen molar-refractivity contribution in [3.8, 4) is 11.5 Å². The van der Waals surface area contributed by atoms with Crippen molar-refractivity contribution in [2.45, 2.75) is 38.8 Å². The highest BCUT2D eigenvalue weighted by molar-refractivity contribution is 5.84. The third kappa shape index (κ3) is 7.00. The second-order valence-corrected chi connectivity index (χ2v) is 8.95. The summed E-state index contributed by atoms with van der Waals surface area (Å²) in [5.41, 5.74) is 2.48. The fourth-order valence-electron chi connectivity index (χ4n) is 4.26. The molecule has 0 amide bonds. The highest BCUT2D eigenvalue weighted by Gasteiger charge is 2.29. The van der Waals surface area contributed by atoms with Crippen LogP contribution in [-0.2, 0) is 25.7 Å². The Bertz CT molecular complexity index is 1410. The van der Waals surface area contributed by atoms with Gasteiger partial charge in [0.25, 0.3) is 0 Å². The van der Waals surface area contributed by atoms with Crippen LogP contribution in [0.4, 0.5) is 26.3 Å². The summed E-state index contributed by atoms with van der Waals surface area (Å²) in [6.45, 7) is 0.718. The van der Waals surface area contributed by atoms with E-state index in [1.54, 1.807) is 24.3 Å². The van der Waals surface area contributed by atoms with Crippen LogP contribution >= 0.6 is 0 Å². The number of hydrogen-bond acceptors (Lipinski definition) is 2. The molecule has 0 fully saturated rings. The molecule has 4 rings (SSSR count). The van der Waals surface area contributed by atoms with Gasteiger partial charge < -0.3 is 9.47 Å². The van der Waals surface area contributed by atoms with E-state index in [0.717, 1.165) is 17.7 Å². The molecule has 200 valence electrons. The first-order chi connectivity index (χ1) is 18.1. The Balaban J connectivity index is 1.40. The molecule has 0 aliphatic carbocycles. The molecule has 0 bridgehead atoms. The SMILES string of the molecule is CCOc1ccc(CCc2ccc3c(F)c(CCc4ccc(OCC(F)(F)F)c(F)c4)ccc3c2)c(F)c1. The van der Waals surface area contributed by atoms with Crippen molar-refractivity contribution in [1.82, 2.24) is 0 Å². The van der Waals surface area contributed by atoms with Gasteiger partial charge >= 0.3 is 6.18 Å². The largest absolute Gasteiger partial charge is 0.494 e. The molecule has 0 aromatic heterocycles. The number of halogens is 6. The van der Waals surface area contributed by atoms with Crippen LogP contribution < -0.4 is 9.47 Å². The smallest absolute Gasteiger partial charge is 0.422 e. The van der Waals surface area contributed by atoms with E-state index in [0.29, 0.717) is 59.1 Å². The molecule has 0 N–H and O–H groups in total. The first-order valence-electron chi connectivity index (χ1n) is 12.2. The van der Waals surface area contributed by atoms with Gasteiger partial charge in [-0.1, -0.05) is 42.5 Å². The van der Waals surface area contributed by atoms with Gasteiger partial charge in [0.1, 0.15) is 17.4 Å². The van der Waals surface area contributed by atoms with E-state index in [9.17, 15) is 22.0 Å². The average Bonchev–Trinajstić information content (AvgIpc) is 2.87. The van der Waals surface area contributed by atoms with Crippen LogP contribution in [0.1, 0.15) is 29.2 Å². The second kappa shape index (κ2) is 11.8. The first-order valence-corrected chi connectivity index (χ1v) is 12.2. The minimum Gasteiger partial charge on any atom is -0.494 e. The van der Waals surface area contributed by atoms with Crippen molar-refractivity contribution in [2.75, 3.05) is 13.2 Å². The van der Waals surface area contributed by atoms with E-state index in [2.05, 4.69) is 4.74 Å². The lowest BCUT2D eigenvalue weighted by atomic mass is 9.97. The lowest BCUT2D eigenvalue weighted by Gasteiger charge is -2.11. The minimum atomic E-state index is -4.56. The molecular weight excluding hydrogens is 506 g/mol. The zero-order valence-corrected chi connectivity index (χ0v) is 20.7. The Labute approximate surface area is 216 Å². The average molecular weight is 533 g/mol. The zero-order chi connectivity index (χ0) is 27.3. The lowest BCUT2D eigenvalue weighted by Crippen LogP contribution is -2.19. The maximum atomic E-state index is 15.2. The van der Waals surface area contributed by atoms with Crippen LogP contribution in [-0.4, -0.2) is 19.4 Å². The Kier molecular flexibility index (Phi) is 8.49. The second-order valence-electron chi connectivity index (χ2n) is 8.95. The molecular formula is C30H26F6O2. The Morgan fingerprint density at radius 2 is 1.34 bits per heavy atom. The summed E-state index contributed by atoms with van der Waals surface area (Å²) in [5, 5.41) is 1.16. The standard InChI is InChI=1S/C30H26F6O2/c1-2-37-24-12-11-21(26(31)17-24)7-3-19-5-13-25-23(15-19)10-9-22(29(25)33)8-4-20-6-14-28(27(32)16-20)38-18-30(34,35)36/h5-6,9-17H,2-4,7-8,18H2,1H3. The van der Waals surface area contributed by atoms with Crippen molar-refractivity contribution in [1.29, 1.82) is 0 Å². The molecule has 0 spiro atoms. The van der Waals surface area contributed by atoms with Crippen molar-refractivity contribution in [2.24, 2.45) is 0 Å². The van der Waals surface area contributed by atoms with Gasteiger partial charge in [-0.25, -0.2) is 13.2 Å². The molecule has 0 aliphatic heterocycles. The molecule has 0 unspecified atom stereocenters. The summed E-state index contributed by atoms with van der Waals surface area (Å²) < 4.78 is 90.3. The molecule has 0 saturated carbocycles. The number of fused-ring (bicyclic) bond motifs is 1. The Morgan fingerprint density at radius 1 is 0.658 bits per heavy atom. The van der Waals surface area contributed by atoms with Gasteiger partial charge in [-0.05, 0) is 78.4 Å². The summed E-state index contributed by atoms with van der Waals surface area (Å²) in [6, 6.07) is 17.4. The van der Waals surface area contributed by atoms with Gasteiger partial charge in [-0.15, -0.1) is 0 Å². The fraction of sp³-hybridized carbons (Fsp3) is 0.267. The maximum absolute atomic E-state index is 15.2. The number of alkyl halides is 3. The summed E-state index contributed by atoms with van der Waals surface area (Å²) >= 11 is 0. The molecule has 38 heavy (non-hydrogen) atoms. The lowest BCUT2D eigenvalue weighted by molar-refractivity contribution is -0.153. The van der Waals surface area contributed by atoms with Crippen molar-refractivity contribution >= 4 is 10.8 Å². The first kappa shape index (κ1) is 27.4. The molecule has 0 saturated heterocycles. The van der Waals surface area contributed by atoms with E-state index in [-0.39, 0.29) is 18.1 Å². The summed E-state index contributed by atoms with van der Waals surface area (Å²) in [7, 11) is 0. The summed E-state index contributed by atoms with van der Waals surface area (Å²) in [6.07, 6.45) is -2.92. The molecule has 8 heteroatoms. The van der Waals surface area contributed by atoms with E-state index >= 15 is 4.39 Å². The van der Waals surface area contributed by atoms with Gasteiger partial charge in [0.2, 0.25) is 0 Å². The number of rotatable bonds is 10. The minimum absolute atomic E-state index is 0.280. The van der Waals surface area contributed by atoms with Gasteiger partial charge in [0.15, 0.2) is 18.2 Å². The van der Waals surface area contributed by atoms with E-state index < -0.39 is 24.3 Å². The van der Waals surface area contributed by atoms with Crippen LogP contribution in [0.25, 0.3) is 10.8 Å². The highest BCUT2D eigenvalue weighted by Crippen LogP contribution is 2.26. The van der Waals surface area contributed by atoms with Crippen LogP contribution in [0, 0.1) is 17.5 Å². The van der Waals surface area contributed by atoms with Crippen molar-refractivity contribution in [3.63, 3.8) is 0 Å². The predicted octanol–water partition coefficient (Wildman–Crippen LogP) is 8.17. The summed E-state index contributed by atoms with van der Waals surface area (Å²) in [4.78, 5) is 0. The van der Waals surface area contributed by atoms with Crippen LogP contribution in [0.2, 0.25) is 0 Å². The quantitative estimate of drug-likeness (QED) is 0.192. The molecule has 0 radical (unpaired) electrons. The number of benzene rings is 4. The Morgan fingerprint density at radius 3 is 2.03 bits per heavy atom. The van der Waals surface area contributed by atoms with Crippen LogP contribution in [0.3, 0.4) is 0 Å². The van der Waals surface area contributed by atoms with Gasteiger partial charge in [0, 0.05) is 11.5 Å². The topological polar surface area (TPSA) is 18.5 Å². The third-order valence-electron chi connectivity index (χ3n) is 6.19. The molecule has 0 aliphatic rings. The van der Waals surface area contributed by atoms with Crippen molar-refractivity contribution < 1.29 is 35.8 Å². The predicted molar refractivity (Wildman–Crippen MR) is 134 cm³/mol. The number of aryl methyl sites for hydroxylation is 4. The highest BCUT2D eigenvalue weighted by atomic mass is 19.4. The van der Waals surface area contributed by atoms with Crippen LogP contribution in [0.5, 0.6) is 11.5 Å². The maximum Gasteiger partial charge on any atom is 0.422 e. The molecule has 4 aromatic carbocycles. The third-order valence-corrected chi connectivity index (χ3v) is 6.19. The summed E-state index contributed by atoms with van der Waals surface area (Å²) in [5.74, 6) is -1.59.